The highest BCUT2D eigenvalue weighted by atomic mass is 79.9. The number of carbonyl (C=O) groups is 2. The maximum absolute atomic E-state index is 11.9. The largest absolute Gasteiger partial charge is 0.495 e. The van der Waals surface area contributed by atoms with Gasteiger partial charge in [-0.3, -0.25) is 4.79 Å². The second-order valence-corrected chi connectivity index (χ2v) is 4.98. The number of amides is 2. The number of methoxy groups -OCH3 is 2. The minimum Gasteiger partial charge on any atom is -0.495 e. The van der Waals surface area contributed by atoms with Crippen LogP contribution in [0.25, 0.3) is 0 Å². The molecule has 0 radical (unpaired) electrons. The lowest BCUT2D eigenvalue weighted by atomic mass is 10.2. The average Bonchev–Trinajstić information content (AvgIpc) is 2.45. The fourth-order valence-electron chi connectivity index (χ4n) is 1.53. The quantitative estimate of drug-likeness (QED) is 0.813. The number of rotatable bonds is 6. The minimum absolute atomic E-state index is 0.114. The molecule has 2 amide bonds. The monoisotopic (exact) mass is 360 g/mol. The van der Waals surface area contributed by atoms with E-state index in [4.69, 9.17) is 14.6 Å². The number of aliphatic carboxylic acids is 1. The van der Waals surface area contributed by atoms with Crippen LogP contribution in [-0.4, -0.2) is 49.8 Å². The van der Waals surface area contributed by atoms with Crippen molar-refractivity contribution in [1.29, 1.82) is 0 Å². The molecule has 7 nitrogen and oxygen atoms in total. The third-order valence-electron chi connectivity index (χ3n) is 2.70. The zero-order valence-corrected chi connectivity index (χ0v) is 13.6. The third-order valence-corrected chi connectivity index (χ3v) is 3.49. The number of carbonyl (C=O) groups excluding carboxylic acids is 1. The molecule has 0 heterocycles. The van der Waals surface area contributed by atoms with Crippen molar-refractivity contribution in [3.63, 3.8) is 0 Å². The Hall–Kier alpha value is -1.96. The second kappa shape index (κ2) is 7.72. The summed E-state index contributed by atoms with van der Waals surface area (Å²) in [5.41, 5.74) is 0.485. The first-order chi connectivity index (χ1) is 9.88. The number of carboxylic acids is 1. The van der Waals surface area contributed by atoms with Gasteiger partial charge in [0.25, 0.3) is 0 Å². The van der Waals surface area contributed by atoms with Crippen molar-refractivity contribution in [3.8, 4) is 11.5 Å². The molecule has 0 aromatic heterocycles. The van der Waals surface area contributed by atoms with Gasteiger partial charge in [0.05, 0.1) is 20.6 Å². The zero-order valence-electron chi connectivity index (χ0n) is 12.0. The molecule has 0 bridgehead atoms. The first-order valence-corrected chi connectivity index (χ1v) is 6.83. The smallest absolute Gasteiger partial charge is 0.321 e. The Bertz CT molecular complexity index is 510. The van der Waals surface area contributed by atoms with Crippen molar-refractivity contribution in [2.75, 3.05) is 33.1 Å². The van der Waals surface area contributed by atoms with Crippen LogP contribution in [0, 0.1) is 0 Å². The van der Waals surface area contributed by atoms with Crippen LogP contribution in [0.2, 0.25) is 0 Å². The van der Waals surface area contributed by atoms with Gasteiger partial charge in [-0.25, -0.2) is 4.79 Å². The van der Waals surface area contributed by atoms with Gasteiger partial charge in [-0.05, 0) is 15.9 Å². The van der Waals surface area contributed by atoms with Crippen molar-refractivity contribution in [1.82, 2.24) is 4.90 Å². The Morgan fingerprint density at radius 3 is 2.24 bits per heavy atom. The standard InChI is InChI=1S/C13H17BrN2O5/c1-16(5-4-11(17)18)13(19)15-8-6-9(20-2)12(14)10(7-8)21-3/h6-7H,4-5H2,1-3H3,(H,15,19)(H,17,18). The first-order valence-electron chi connectivity index (χ1n) is 6.04. The number of hydrogen-bond acceptors (Lipinski definition) is 4. The van der Waals surface area contributed by atoms with Crippen LogP contribution < -0.4 is 14.8 Å². The molecule has 1 aromatic rings. The summed E-state index contributed by atoms with van der Waals surface area (Å²) < 4.78 is 11.0. The zero-order chi connectivity index (χ0) is 16.0. The lowest BCUT2D eigenvalue weighted by Crippen LogP contribution is -2.33. The fraction of sp³-hybridized carbons (Fsp3) is 0.385. The summed E-state index contributed by atoms with van der Waals surface area (Å²) in [5.74, 6) is 0.0670. The van der Waals surface area contributed by atoms with Crippen LogP contribution in [0.5, 0.6) is 11.5 Å². The number of urea groups is 1. The van der Waals surface area contributed by atoms with Gasteiger partial charge >= 0.3 is 12.0 Å². The molecule has 0 saturated heterocycles. The predicted octanol–water partition coefficient (Wildman–Crippen LogP) is 2.40. The van der Waals surface area contributed by atoms with Crippen molar-refractivity contribution in [2.24, 2.45) is 0 Å². The summed E-state index contributed by atoms with van der Waals surface area (Å²) in [6.45, 7) is 0.117. The lowest BCUT2D eigenvalue weighted by Gasteiger charge is -2.18. The van der Waals surface area contributed by atoms with Crippen LogP contribution in [0.4, 0.5) is 10.5 Å². The van der Waals surface area contributed by atoms with Gasteiger partial charge in [-0.15, -0.1) is 0 Å². The summed E-state index contributed by atoms with van der Waals surface area (Å²) in [7, 11) is 4.53. The Morgan fingerprint density at radius 1 is 1.29 bits per heavy atom. The van der Waals surface area contributed by atoms with Crippen LogP contribution in [0.15, 0.2) is 16.6 Å². The second-order valence-electron chi connectivity index (χ2n) is 4.19. The van der Waals surface area contributed by atoms with Crippen molar-refractivity contribution < 1.29 is 24.2 Å². The molecule has 0 aliphatic carbocycles. The van der Waals surface area contributed by atoms with Gasteiger partial charge in [-0.2, -0.15) is 0 Å². The summed E-state index contributed by atoms with van der Waals surface area (Å²) >= 11 is 3.33. The topological polar surface area (TPSA) is 88.1 Å². The molecule has 8 heteroatoms. The highest BCUT2D eigenvalue weighted by Gasteiger charge is 2.14. The fourth-order valence-corrected chi connectivity index (χ4v) is 2.08. The van der Waals surface area contributed by atoms with Crippen molar-refractivity contribution in [3.05, 3.63) is 16.6 Å². The Morgan fingerprint density at radius 2 is 1.81 bits per heavy atom. The van der Waals surface area contributed by atoms with E-state index >= 15 is 0 Å². The number of ether oxygens (including phenoxy) is 2. The van der Waals surface area contributed by atoms with Crippen LogP contribution in [0.1, 0.15) is 6.42 Å². The molecule has 0 unspecified atom stereocenters. The molecule has 1 rings (SSSR count). The summed E-state index contributed by atoms with van der Waals surface area (Å²) in [5, 5.41) is 11.3. The minimum atomic E-state index is -0.957. The molecule has 0 atom stereocenters. The normalized spacial score (nSPS) is 9.90. The molecule has 0 aliphatic heterocycles. The van der Waals surface area contributed by atoms with E-state index in [1.807, 2.05) is 0 Å². The number of carboxylic acid groups (broad SMARTS) is 1. The molecular formula is C13H17BrN2O5. The molecule has 116 valence electrons. The van der Waals surface area contributed by atoms with E-state index in [2.05, 4.69) is 21.2 Å². The van der Waals surface area contributed by atoms with E-state index < -0.39 is 12.0 Å². The SMILES string of the molecule is COc1cc(NC(=O)N(C)CCC(=O)O)cc(OC)c1Br. The number of nitrogens with one attached hydrogen (secondary N) is 1. The first kappa shape index (κ1) is 17.1. The number of nitrogens with zero attached hydrogens (tertiary/aromatic N) is 1. The Kier molecular flexibility index (Phi) is 6.29. The summed E-state index contributed by atoms with van der Waals surface area (Å²) in [6, 6.07) is 2.85. The molecule has 0 aliphatic rings. The average molecular weight is 361 g/mol. The van der Waals surface area contributed by atoms with Gasteiger partial charge in [0.1, 0.15) is 16.0 Å². The summed E-state index contributed by atoms with van der Waals surface area (Å²) in [6.07, 6.45) is -0.114. The Balaban J connectivity index is 2.82. The third kappa shape index (κ3) is 4.82. The molecule has 1 aromatic carbocycles. The summed E-state index contributed by atoms with van der Waals surface area (Å²) in [4.78, 5) is 23.7. The van der Waals surface area contributed by atoms with Gasteiger partial charge in [0.15, 0.2) is 0 Å². The Labute approximate surface area is 131 Å². The van der Waals surface area contributed by atoms with E-state index in [0.717, 1.165) is 0 Å². The van der Waals surface area contributed by atoms with E-state index in [0.29, 0.717) is 21.7 Å². The molecule has 0 spiro atoms. The van der Waals surface area contributed by atoms with Crippen molar-refractivity contribution in [2.45, 2.75) is 6.42 Å². The molecular weight excluding hydrogens is 344 g/mol. The van der Waals surface area contributed by atoms with Gasteiger partial charge in [0, 0.05) is 31.4 Å². The highest BCUT2D eigenvalue weighted by Crippen LogP contribution is 2.37. The maximum atomic E-state index is 11.9. The number of hydrogen-bond donors (Lipinski definition) is 2. The van der Waals surface area contributed by atoms with Crippen LogP contribution in [0.3, 0.4) is 0 Å². The number of halogens is 1. The maximum Gasteiger partial charge on any atom is 0.321 e. The van der Waals surface area contributed by atoms with Gasteiger partial charge in [-0.1, -0.05) is 0 Å². The van der Waals surface area contributed by atoms with Crippen molar-refractivity contribution >= 4 is 33.6 Å². The molecule has 0 saturated carbocycles. The van der Waals surface area contributed by atoms with E-state index in [9.17, 15) is 9.59 Å². The van der Waals surface area contributed by atoms with Crippen LogP contribution in [-0.2, 0) is 4.79 Å². The van der Waals surface area contributed by atoms with Gasteiger partial charge in [0.2, 0.25) is 0 Å². The van der Waals surface area contributed by atoms with E-state index in [-0.39, 0.29) is 13.0 Å². The predicted molar refractivity (Wildman–Crippen MR) is 81.1 cm³/mol. The molecule has 21 heavy (non-hydrogen) atoms. The van der Waals surface area contributed by atoms with E-state index in [1.165, 1.54) is 26.2 Å². The van der Waals surface area contributed by atoms with Crippen LogP contribution >= 0.6 is 15.9 Å². The molecule has 2 N–H and O–H groups in total. The lowest BCUT2D eigenvalue weighted by molar-refractivity contribution is -0.137. The molecule has 0 fully saturated rings. The van der Waals surface area contributed by atoms with Gasteiger partial charge < -0.3 is 24.8 Å². The highest BCUT2D eigenvalue weighted by molar-refractivity contribution is 9.10. The number of anilines is 1. The van der Waals surface area contributed by atoms with E-state index in [1.54, 1.807) is 12.1 Å². The number of benzene rings is 1.